The Balaban J connectivity index is 2.41. The number of alkyl halides is 3. The Kier molecular flexibility index (Phi) is 3.28. The third kappa shape index (κ3) is 3.03. The van der Waals surface area contributed by atoms with Crippen LogP contribution in [0, 0.1) is 13.0 Å². The summed E-state index contributed by atoms with van der Waals surface area (Å²) in [4.78, 5) is 0. The minimum Gasteiger partial charge on any atom is -0.405 e. The molecule has 1 radical (unpaired) electrons. The molecule has 0 amide bonds. The second-order valence-corrected chi connectivity index (χ2v) is 3.80. The van der Waals surface area contributed by atoms with Crippen LogP contribution in [-0.2, 0) is 0 Å². The van der Waals surface area contributed by atoms with Gasteiger partial charge in [-0.05, 0) is 36.2 Å². The zero-order valence-electron chi connectivity index (χ0n) is 9.58. The monoisotopic (exact) mass is 251 g/mol. The van der Waals surface area contributed by atoms with E-state index in [9.17, 15) is 13.2 Å². The van der Waals surface area contributed by atoms with Crippen molar-refractivity contribution in [3.8, 4) is 16.9 Å². The van der Waals surface area contributed by atoms with Crippen molar-refractivity contribution in [2.45, 2.75) is 13.3 Å². The maximum atomic E-state index is 12.3. The average Bonchev–Trinajstić information content (AvgIpc) is 2.29. The Morgan fingerprint density at radius 2 is 1.78 bits per heavy atom. The topological polar surface area (TPSA) is 9.23 Å². The largest absolute Gasteiger partial charge is 0.573 e. The SMILES string of the molecule is Cc1[c]cc(-c2ccccc2OC(F)(F)F)cc1. The minimum absolute atomic E-state index is 0.206. The summed E-state index contributed by atoms with van der Waals surface area (Å²) >= 11 is 0. The molecule has 0 N–H and O–H groups in total. The Morgan fingerprint density at radius 1 is 1.06 bits per heavy atom. The maximum absolute atomic E-state index is 12.3. The molecule has 0 aliphatic carbocycles. The zero-order chi connectivity index (χ0) is 13.2. The fourth-order valence-electron chi connectivity index (χ4n) is 1.59. The summed E-state index contributed by atoms with van der Waals surface area (Å²) in [6.07, 6.45) is -4.69. The molecular weight excluding hydrogens is 241 g/mol. The first-order valence-corrected chi connectivity index (χ1v) is 5.29. The molecule has 0 saturated heterocycles. The van der Waals surface area contributed by atoms with E-state index in [2.05, 4.69) is 10.8 Å². The smallest absolute Gasteiger partial charge is 0.405 e. The summed E-state index contributed by atoms with van der Waals surface area (Å²) in [5, 5.41) is 0. The van der Waals surface area contributed by atoms with Gasteiger partial charge in [0.25, 0.3) is 0 Å². The number of halogens is 3. The van der Waals surface area contributed by atoms with Crippen molar-refractivity contribution in [1.82, 2.24) is 0 Å². The average molecular weight is 251 g/mol. The first kappa shape index (κ1) is 12.5. The molecule has 2 rings (SSSR count). The van der Waals surface area contributed by atoms with E-state index in [1.807, 2.05) is 6.92 Å². The van der Waals surface area contributed by atoms with Gasteiger partial charge in [0.1, 0.15) is 5.75 Å². The van der Waals surface area contributed by atoms with Gasteiger partial charge in [-0.2, -0.15) is 0 Å². The molecule has 0 heterocycles. The maximum Gasteiger partial charge on any atom is 0.573 e. The molecule has 18 heavy (non-hydrogen) atoms. The summed E-state index contributed by atoms with van der Waals surface area (Å²) in [5.74, 6) is -0.206. The van der Waals surface area contributed by atoms with Crippen molar-refractivity contribution < 1.29 is 17.9 Å². The van der Waals surface area contributed by atoms with Gasteiger partial charge < -0.3 is 4.74 Å². The van der Waals surface area contributed by atoms with Gasteiger partial charge in [0.05, 0.1) is 0 Å². The lowest BCUT2D eigenvalue weighted by molar-refractivity contribution is -0.274. The molecule has 0 spiro atoms. The van der Waals surface area contributed by atoms with E-state index in [1.165, 1.54) is 12.1 Å². The summed E-state index contributed by atoms with van der Waals surface area (Å²) in [5.41, 5.74) is 1.96. The fraction of sp³-hybridized carbons (Fsp3) is 0.143. The van der Waals surface area contributed by atoms with Crippen molar-refractivity contribution in [3.05, 3.63) is 54.1 Å². The van der Waals surface area contributed by atoms with Gasteiger partial charge in [0.2, 0.25) is 0 Å². The highest BCUT2D eigenvalue weighted by molar-refractivity contribution is 5.70. The molecule has 2 aromatic rings. The third-order valence-corrected chi connectivity index (χ3v) is 2.39. The van der Waals surface area contributed by atoms with Crippen LogP contribution in [0.3, 0.4) is 0 Å². The van der Waals surface area contributed by atoms with Crippen molar-refractivity contribution in [2.75, 3.05) is 0 Å². The number of aryl methyl sites for hydroxylation is 1. The van der Waals surface area contributed by atoms with Crippen LogP contribution in [0.15, 0.2) is 42.5 Å². The summed E-state index contributed by atoms with van der Waals surface area (Å²) in [6.45, 7) is 1.86. The van der Waals surface area contributed by atoms with Gasteiger partial charge in [-0.3, -0.25) is 0 Å². The van der Waals surface area contributed by atoms with Crippen molar-refractivity contribution in [2.24, 2.45) is 0 Å². The Morgan fingerprint density at radius 3 is 2.39 bits per heavy atom. The normalized spacial score (nSPS) is 11.3. The molecule has 0 saturated carbocycles. The highest BCUT2D eigenvalue weighted by Gasteiger charge is 2.32. The molecule has 0 bridgehead atoms. The lowest BCUT2D eigenvalue weighted by Gasteiger charge is -2.13. The lowest BCUT2D eigenvalue weighted by atomic mass is 10.0. The Labute approximate surface area is 103 Å². The van der Waals surface area contributed by atoms with Crippen LogP contribution in [-0.4, -0.2) is 6.36 Å². The van der Waals surface area contributed by atoms with E-state index in [-0.39, 0.29) is 5.75 Å². The second-order valence-electron chi connectivity index (χ2n) is 3.80. The van der Waals surface area contributed by atoms with Crippen LogP contribution in [0.4, 0.5) is 13.2 Å². The zero-order valence-corrected chi connectivity index (χ0v) is 9.58. The summed E-state index contributed by atoms with van der Waals surface area (Å²) < 4.78 is 40.8. The van der Waals surface area contributed by atoms with E-state index >= 15 is 0 Å². The predicted molar refractivity (Wildman–Crippen MR) is 62.1 cm³/mol. The Bertz CT molecular complexity index is 529. The molecule has 2 aromatic carbocycles. The first-order chi connectivity index (χ1) is 8.46. The molecule has 0 aromatic heterocycles. The molecule has 93 valence electrons. The summed E-state index contributed by atoms with van der Waals surface area (Å²) in [6, 6.07) is 14.2. The highest BCUT2D eigenvalue weighted by Crippen LogP contribution is 2.33. The van der Waals surface area contributed by atoms with Gasteiger partial charge >= 0.3 is 6.36 Å². The standard InChI is InChI=1S/C14H10F3O/c1-10-6-8-11(9-7-10)12-4-2-3-5-13(12)18-14(15,16)17/h2-6,8-9H,1H3. The van der Waals surface area contributed by atoms with Crippen molar-refractivity contribution >= 4 is 0 Å². The molecule has 4 heteroatoms. The Hall–Kier alpha value is -1.97. The van der Waals surface area contributed by atoms with Crippen molar-refractivity contribution in [1.29, 1.82) is 0 Å². The van der Waals surface area contributed by atoms with Gasteiger partial charge in [-0.15, -0.1) is 13.2 Å². The molecule has 0 fully saturated rings. The molecule has 0 aliphatic rings. The van der Waals surface area contributed by atoms with Gasteiger partial charge in [0.15, 0.2) is 0 Å². The predicted octanol–water partition coefficient (Wildman–Crippen LogP) is 4.36. The quantitative estimate of drug-likeness (QED) is 0.770. The minimum atomic E-state index is -4.69. The van der Waals surface area contributed by atoms with Crippen LogP contribution < -0.4 is 4.74 Å². The highest BCUT2D eigenvalue weighted by atomic mass is 19.4. The van der Waals surface area contributed by atoms with Gasteiger partial charge in [0, 0.05) is 5.56 Å². The number of benzene rings is 2. The molecule has 1 nitrogen and oxygen atoms in total. The first-order valence-electron chi connectivity index (χ1n) is 5.29. The molecule has 0 unspecified atom stereocenters. The van der Waals surface area contributed by atoms with Gasteiger partial charge in [-0.1, -0.05) is 30.3 Å². The van der Waals surface area contributed by atoms with E-state index in [1.54, 1.807) is 30.3 Å². The van der Waals surface area contributed by atoms with Crippen LogP contribution >= 0.6 is 0 Å². The van der Waals surface area contributed by atoms with E-state index in [0.717, 1.165) is 5.56 Å². The van der Waals surface area contributed by atoms with E-state index in [4.69, 9.17) is 0 Å². The summed E-state index contributed by atoms with van der Waals surface area (Å²) in [7, 11) is 0. The number of rotatable bonds is 2. The fourth-order valence-corrected chi connectivity index (χ4v) is 1.59. The molecular formula is C14H10F3O. The van der Waals surface area contributed by atoms with Gasteiger partial charge in [-0.25, -0.2) is 0 Å². The number of para-hydroxylation sites is 1. The van der Waals surface area contributed by atoms with Crippen LogP contribution in [0.2, 0.25) is 0 Å². The van der Waals surface area contributed by atoms with Crippen LogP contribution in [0.1, 0.15) is 5.56 Å². The number of ether oxygens (including phenoxy) is 1. The number of hydrogen-bond acceptors (Lipinski definition) is 1. The molecule has 0 aliphatic heterocycles. The van der Waals surface area contributed by atoms with Crippen LogP contribution in [0.25, 0.3) is 11.1 Å². The lowest BCUT2D eigenvalue weighted by Crippen LogP contribution is -2.17. The van der Waals surface area contributed by atoms with Crippen molar-refractivity contribution in [3.63, 3.8) is 0 Å². The van der Waals surface area contributed by atoms with Crippen LogP contribution in [0.5, 0.6) is 5.75 Å². The second kappa shape index (κ2) is 4.72. The number of hydrogen-bond donors (Lipinski definition) is 0. The van der Waals surface area contributed by atoms with E-state index < -0.39 is 6.36 Å². The molecule has 0 atom stereocenters. The van der Waals surface area contributed by atoms with E-state index in [0.29, 0.717) is 11.1 Å². The third-order valence-electron chi connectivity index (χ3n) is 2.39.